The molecule has 4 aromatic carbocycles. The molecule has 0 unspecified atom stereocenters. The molecule has 0 atom stereocenters. The molecule has 108 heavy (non-hydrogen) atoms. The molecule has 584 valence electrons. The lowest BCUT2D eigenvalue weighted by atomic mass is 10.1. The number of hydrogen-bond acceptors (Lipinski definition) is 24. The van der Waals surface area contributed by atoms with Crippen molar-refractivity contribution in [1.82, 2.24) is 59.1 Å². The maximum Gasteiger partial charge on any atom is 0.227 e. The maximum atomic E-state index is 14.6. The number of aromatic hydroxyl groups is 4. The number of benzene rings is 4. The van der Waals surface area contributed by atoms with Crippen molar-refractivity contribution in [3.63, 3.8) is 0 Å². The molecule has 2 aliphatic rings. The van der Waals surface area contributed by atoms with E-state index in [2.05, 4.69) is 19.9 Å². The Bertz CT molecular complexity index is 3900. The Morgan fingerprint density at radius 1 is 0.278 bits per heavy atom. The van der Waals surface area contributed by atoms with Crippen LogP contribution in [0, 0.1) is 27.7 Å². The van der Waals surface area contributed by atoms with E-state index in [1.54, 1.807) is 47.3 Å². The van der Waals surface area contributed by atoms with Gasteiger partial charge in [0.1, 0.15) is 23.0 Å². The summed E-state index contributed by atoms with van der Waals surface area (Å²) >= 11 is 0. The molecule has 4 aromatic heterocycles. The fourth-order valence-corrected chi connectivity index (χ4v) is 20.9. The molecule has 0 bridgehead atoms. The zero-order valence-corrected chi connectivity index (χ0v) is 65.4. The summed E-state index contributed by atoms with van der Waals surface area (Å²) in [5.74, 6) is -0.864. The summed E-state index contributed by atoms with van der Waals surface area (Å²) in [6.07, 6.45) is 3.88. The number of rotatable bonds is 20. The van der Waals surface area contributed by atoms with Crippen LogP contribution in [0.4, 0.5) is 0 Å². The molecular formula is C76H104N12O16P4. The van der Waals surface area contributed by atoms with E-state index < -0.39 is 81.0 Å². The van der Waals surface area contributed by atoms with Crippen molar-refractivity contribution in [1.29, 1.82) is 0 Å². The standard InChI is InChI=1S/C40H58N8O12P2.C36H46N4O4P2/c1-25-37(53)33(29(17-49)9-41-25)13-45-5-6-46(14-34-30(18-50)10-42-26(2)38(34)54)23-62(59,60)24-48(16-36-32(20-52)12-44-28(4)40(36)56)8-7-47(22-61(57,58)21-45)15-35-31(19-51)11-43-27(3)39(35)55;41-45(42)29-37(25-33-13-5-1-6-14-33)21-22-38(26-34-15-7-2-8-16-34)31-46(43,44)32-40(28-36-19-11-4-12-20-36)24-23-39(30-45)27-35-17-9-3-10-18-35/h9-12,49-56H,5-8,13-24H2,1-4H3,(H,57,58)(H,59,60);1-20H,21-32H2,(H,41,42)(H,43,44). The fraction of sp³-hybridized carbons (Fsp3) is 0.421. The molecule has 28 nitrogen and oxygen atoms in total. The highest BCUT2D eigenvalue weighted by molar-refractivity contribution is 7.58. The number of aryl methyl sites for hydroxylation is 4. The van der Waals surface area contributed by atoms with Crippen molar-refractivity contribution in [2.24, 2.45) is 0 Å². The van der Waals surface area contributed by atoms with Crippen LogP contribution in [0.5, 0.6) is 23.0 Å². The summed E-state index contributed by atoms with van der Waals surface area (Å²) < 4.78 is 57.3. The highest BCUT2D eigenvalue weighted by Gasteiger charge is 2.36. The monoisotopic (exact) mass is 1560 g/mol. The topological polar surface area (TPSA) is 389 Å². The van der Waals surface area contributed by atoms with Crippen LogP contribution in [0.2, 0.25) is 0 Å². The van der Waals surface area contributed by atoms with Gasteiger partial charge in [-0.15, -0.1) is 0 Å². The van der Waals surface area contributed by atoms with E-state index in [-0.39, 0.29) is 168 Å². The van der Waals surface area contributed by atoms with Crippen molar-refractivity contribution < 1.29 is 78.7 Å². The highest BCUT2D eigenvalue weighted by Crippen LogP contribution is 2.48. The van der Waals surface area contributed by atoms with Crippen LogP contribution in [-0.2, 0) is 97.0 Å². The van der Waals surface area contributed by atoms with Crippen molar-refractivity contribution in [3.05, 3.63) is 236 Å². The van der Waals surface area contributed by atoms with Gasteiger partial charge in [-0.2, -0.15) is 0 Å². The molecule has 2 saturated heterocycles. The van der Waals surface area contributed by atoms with Gasteiger partial charge >= 0.3 is 0 Å². The second-order valence-electron chi connectivity index (χ2n) is 28.3. The van der Waals surface area contributed by atoms with E-state index in [0.29, 0.717) is 52.4 Å². The first-order valence-electron chi connectivity index (χ1n) is 35.8. The number of pyridine rings is 4. The van der Waals surface area contributed by atoms with Crippen molar-refractivity contribution in [2.75, 3.05) is 103 Å². The molecule has 0 amide bonds. The predicted octanol–water partition coefficient (Wildman–Crippen LogP) is 8.36. The Kier molecular flexibility index (Phi) is 31.3. The summed E-state index contributed by atoms with van der Waals surface area (Å²) in [7, 11) is -15.8. The normalized spacial score (nSPS) is 21.9. The van der Waals surface area contributed by atoms with Crippen LogP contribution < -0.4 is 0 Å². The zero-order valence-electron chi connectivity index (χ0n) is 61.8. The molecule has 32 heteroatoms. The summed E-state index contributed by atoms with van der Waals surface area (Å²) in [6, 6.07) is 39.9. The molecule has 2 fully saturated rings. The Morgan fingerprint density at radius 3 is 0.593 bits per heavy atom. The minimum absolute atomic E-state index is 0.0386. The van der Waals surface area contributed by atoms with E-state index in [0.717, 1.165) is 22.3 Å². The van der Waals surface area contributed by atoms with Crippen LogP contribution in [-0.4, -0.2) is 222 Å². The first-order valence-corrected chi connectivity index (χ1v) is 43.9. The Balaban J connectivity index is 0.000000260. The van der Waals surface area contributed by atoms with Gasteiger partial charge in [-0.25, -0.2) is 0 Å². The van der Waals surface area contributed by atoms with Crippen LogP contribution in [0.15, 0.2) is 146 Å². The lowest BCUT2D eigenvalue weighted by molar-refractivity contribution is 0.193. The number of aliphatic hydroxyl groups excluding tert-OH is 4. The van der Waals surface area contributed by atoms with Crippen LogP contribution in [0.1, 0.15) is 89.5 Å². The van der Waals surface area contributed by atoms with Gasteiger partial charge < -0.3 is 60.4 Å². The Morgan fingerprint density at radius 2 is 0.435 bits per heavy atom. The summed E-state index contributed by atoms with van der Waals surface area (Å²) in [4.78, 5) is 77.9. The highest BCUT2D eigenvalue weighted by atomic mass is 31.2. The molecule has 6 heterocycles. The Hall–Kier alpha value is -7.04. The average Bonchev–Trinajstić information content (AvgIpc) is 0.812. The quantitative estimate of drug-likeness (QED) is 0.0319. The van der Waals surface area contributed by atoms with Crippen molar-refractivity contribution in [3.8, 4) is 23.0 Å². The van der Waals surface area contributed by atoms with Crippen molar-refractivity contribution in [2.45, 2.75) is 106 Å². The van der Waals surface area contributed by atoms with Gasteiger partial charge in [0.15, 0.2) is 0 Å². The van der Waals surface area contributed by atoms with Gasteiger partial charge in [-0.3, -0.25) is 77.4 Å². The molecule has 10 rings (SSSR count). The van der Waals surface area contributed by atoms with Gasteiger partial charge in [0, 0.05) is 174 Å². The molecule has 0 radical (unpaired) electrons. The number of aliphatic hydroxyl groups is 4. The Labute approximate surface area is 631 Å². The molecule has 0 spiro atoms. The number of nitrogens with zero attached hydrogens (tertiary/aromatic N) is 12. The first kappa shape index (κ1) is 85.0. The first-order chi connectivity index (χ1) is 51.5. The SMILES string of the molecule is Cc1ncc(CO)c(CN2CCN(Cc3c(CO)cnc(C)c3O)CP(=O)(O)CN(Cc3c(CO)cnc(C)c3O)CCN(Cc3c(CO)cnc(C)c3O)CP(=O)(O)C2)c1O.O=P1(O)CN(Cc2ccccc2)CCN(Cc2ccccc2)CP(=O)(O)CN(Cc2ccccc2)CCN(Cc2ccccc2)C1. The predicted molar refractivity (Wildman–Crippen MR) is 414 cm³/mol. The largest absolute Gasteiger partial charge is 0.506 e. The van der Waals surface area contributed by atoms with E-state index in [1.807, 2.05) is 141 Å². The second-order valence-corrected chi connectivity index (χ2v) is 37.3. The third-order valence-corrected chi connectivity index (χ3v) is 26.0. The smallest absolute Gasteiger partial charge is 0.227 e. The third kappa shape index (κ3) is 25.5. The minimum Gasteiger partial charge on any atom is -0.506 e. The van der Waals surface area contributed by atoms with Gasteiger partial charge in [0.2, 0.25) is 29.5 Å². The molecular weight excluding hydrogens is 1460 g/mol. The third-order valence-electron chi connectivity index (χ3n) is 19.2. The van der Waals surface area contributed by atoms with Crippen LogP contribution in [0.3, 0.4) is 0 Å². The molecule has 0 saturated carbocycles. The molecule has 2 aliphatic heterocycles. The van der Waals surface area contributed by atoms with E-state index in [1.165, 1.54) is 24.8 Å². The lowest BCUT2D eigenvalue weighted by Crippen LogP contribution is -2.40. The van der Waals surface area contributed by atoms with Crippen molar-refractivity contribution >= 4 is 29.5 Å². The molecule has 8 aromatic rings. The van der Waals surface area contributed by atoms with Crippen LogP contribution in [0.25, 0.3) is 0 Å². The second kappa shape index (κ2) is 39.7. The van der Waals surface area contributed by atoms with E-state index >= 15 is 0 Å². The lowest BCUT2D eigenvalue weighted by Gasteiger charge is -2.35. The van der Waals surface area contributed by atoms with E-state index in [4.69, 9.17) is 0 Å². The summed E-state index contributed by atoms with van der Waals surface area (Å²) in [5.41, 5.74) is 7.46. The fourth-order valence-electron chi connectivity index (χ4n) is 13.7. The minimum atomic E-state index is -4.27. The van der Waals surface area contributed by atoms with Gasteiger partial charge in [0.25, 0.3) is 0 Å². The van der Waals surface area contributed by atoms with Gasteiger partial charge in [0.05, 0.1) is 99.5 Å². The summed E-state index contributed by atoms with van der Waals surface area (Å²) in [5, 5.41) is 85.2. The summed E-state index contributed by atoms with van der Waals surface area (Å²) in [6.45, 7) is 7.61. The molecule has 12 N–H and O–H groups in total. The number of hydrogen-bond donors (Lipinski definition) is 12. The maximum absolute atomic E-state index is 14.6. The van der Waals surface area contributed by atoms with Gasteiger partial charge in [-0.1, -0.05) is 121 Å². The molecule has 0 aliphatic carbocycles. The number of aromatic nitrogens is 4. The zero-order chi connectivity index (χ0) is 77.8. The average molecular weight is 1570 g/mol. The van der Waals surface area contributed by atoms with Gasteiger partial charge in [-0.05, 0) is 49.9 Å². The van der Waals surface area contributed by atoms with Crippen LogP contribution >= 0.6 is 29.5 Å². The van der Waals surface area contributed by atoms with E-state index in [9.17, 15) is 78.7 Å².